The van der Waals surface area contributed by atoms with Crippen molar-refractivity contribution in [1.82, 2.24) is 37.2 Å². The molecule has 0 aromatic heterocycles. The Morgan fingerprint density at radius 3 is 1.90 bits per heavy atom. The molecule has 0 saturated carbocycles. The topological polar surface area (TPSA) is 545 Å². The molecule has 2 saturated heterocycles. The monoisotopic (exact) mass is 1450 g/mol. The normalized spacial score (nSPS) is 29.6. The molecule has 542 valence electrons. The quantitative estimate of drug-likeness (QED) is 0.0709. The highest BCUT2D eigenvalue weighted by molar-refractivity contribution is 6.32. The molecule has 11 bridgehead atoms. The summed E-state index contributed by atoms with van der Waals surface area (Å²) in [5.74, 6) is -20.8. The first-order valence-corrected chi connectivity index (χ1v) is 32.1. The second kappa shape index (κ2) is 30.1. The molecule has 0 radical (unpaired) electrons. The fraction of sp³-hybridized carbons (Fsp3) is 0.415. The summed E-state index contributed by atoms with van der Waals surface area (Å²) in [7, 11) is 1.45. The number of hydrogen-bond acceptors (Lipinski definition) is 26. The Hall–Kier alpha value is -9.24. The molecule has 12 rings (SSSR count). The van der Waals surface area contributed by atoms with Crippen LogP contribution < -0.4 is 57.2 Å². The first-order chi connectivity index (χ1) is 47.7. The van der Waals surface area contributed by atoms with Crippen LogP contribution in [0.25, 0.3) is 11.1 Å². The van der Waals surface area contributed by atoms with Crippen molar-refractivity contribution in [1.29, 1.82) is 0 Å². The molecule has 101 heavy (non-hydrogen) atoms. The molecule has 0 spiro atoms. The Balaban J connectivity index is 1.23. The molecule has 5 aromatic rings. The Kier molecular flexibility index (Phi) is 22.2. The number of halogens is 2. The fourth-order valence-electron chi connectivity index (χ4n) is 12.2. The summed E-state index contributed by atoms with van der Waals surface area (Å²) in [6, 6.07) is -2.72. The van der Waals surface area contributed by atoms with Crippen molar-refractivity contribution in [2.75, 3.05) is 13.7 Å². The summed E-state index contributed by atoms with van der Waals surface area (Å²) in [4.78, 5) is 116. The molecule has 0 unspecified atom stereocenters. The number of ether oxygens (including phenoxy) is 6. The fourth-order valence-corrected chi connectivity index (χ4v) is 12.6. The van der Waals surface area contributed by atoms with Crippen LogP contribution in [0.2, 0.25) is 10.0 Å². The molecule has 2 fully saturated rings. The Morgan fingerprint density at radius 1 is 0.703 bits per heavy atom. The van der Waals surface area contributed by atoms with Crippen molar-refractivity contribution in [3.8, 4) is 57.1 Å². The summed E-state index contributed by atoms with van der Waals surface area (Å²) in [6.45, 7) is 3.90. The van der Waals surface area contributed by atoms with Crippen LogP contribution in [0.1, 0.15) is 98.2 Å². The zero-order valence-electron chi connectivity index (χ0n) is 53.6. The van der Waals surface area contributed by atoms with E-state index in [9.17, 15) is 90.0 Å². The highest BCUT2D eigenvalue weighted by Crippen LogP contribution is 2.50. The zero-order chi connectivity index (χ0) is 73.5. The number of aliphatic carboxylic acids is 2. The number of hydrogen-bond donors (Lipinski definition) is 20. The lowest BCUT2D eigenvalue weighted by atomic mass is 9.89. The largest absolute Gasteiger partial charge is 0.508 e. The number of amides is 6. The number of phenols is 3. The molecular formula is C65H72Cl2N8O26. The third-order valence-corrected chi connectivity index (χ3v) is 18.1. The Morgan fingerprint density at radius 2 is 1.32 bits per heavy atom. The van der Waals surface area contributed by atoms with Crippen molar-refractivity contribution in [2.45, 2.75) is 149 Å². The van der Waals surface area contributed by atoms with Crippen molar-refractivity contribution in [3.05, 3.63) is 117 Å². The van der Waals surface area contributed by atoms with Gasteiger partial charge in [-0.25, -0.2) is 9.59 Å². The second-order valence-corrected chi connectivity index (χ2v) is 25.9. The third-order valence-electron chi connectivity index (χ3n) is 17.5. The summed E-state index contributed by atoms with van der Waals surface area (Å²) in [5, 5.41) is 153. The van der Waals surface area contributed by atoms with Gasteiger partial charge in [-0.3, -0.25) is 28.8 Å². The van der Waals surface area contributed by atoms with Gasteiger partial charge < -0.3 is 133 Å². The van der Waals surface area contributed by atoms with Crippen LogP contribution in [-0.2, 0) is 52.6 Å². The second-order valence-electron chi connectivity index (χ2n) is 25.1. The standard InChI is InChI=1S/C65H72Cl2N8O26/c1-22(2)11-34(69-4)57(86)74-49-52(82)25-6-9-38(31(66)13-25)97-40-15-27-16-41(55(40)100-64-65(95,56(85)54(84)42(21-76)99-64)101-44-19-33(68)51(81)23(3)96-44)98-39-10-7-26(14-32(39)67)53(83)50-61(90)73-48(63(93)94)30-17-28(77)18-37(79)45(30)29-12-24(5-8-36(29)78)46(58(87)75-50)72-59(88)47(27)71-43(80)20-35(62(91)92)70-60(49)89/h5-10,12-18,22-23,33-35,42,44,46-54,56,64,69,76-79,81-85,95H,11,19-21,68H2,1-4H3,(H,70,89)(H,71,80)(H,72,88)(H,73,90)(H,74,86)(H,75,87)(H,91,92)(H,93,94)/t23-,33+,34-,35+,42+,44-,46-,47-,48-,49-,50+,51-,52-,53-,54-,56+,64+,65+/m1/s1. The predicted octanol–water partition coefficient (Wildman–Crippen LogP) is -0.365. The van der Waals surface area contributed by atoms with Crippen LogP contribution >= 0.6 is 23.2 Å². The highest BCUT2D eigenvalue weighted by Gasteiger charge is 2.60. The van der Waals surface area contributed by atoms with Crippen LogP contribution in [0.4, 0.5) is 0 Å². The van der Waals surface area contributed by atoms with Crippen molar-refractivity contribution in [3.63, 3.8) is 0 Å². The minimum atomic E-state index is -3.35. The van der Waals surface area contributed by atoms with E-state index in [0.29, 0.717) is 0 Å². The smallest absolute Gasteiger partial charge is 0.330 e. The van der Waals surface area contributed by atoms with Crippen LogP contribution in [0.5, 0.6) is 46.0 Å². The number of rotatable bonds is 12. The van der Waals surface area contributed by atoms with E-state index in [1.807, 2.05) is 0 Å². The lowest BCUT2D eigenvalue weighted by molar-refractivity contribution is -0.434. The van der Waals surface area contributed by atoms with E-state index in [-0.39, 0.29) is 29.0 Å². The molecule has 7 aliphatic heterocycles. The highest BCUT2D eigenvalue weighted by atomic mass is 35.5. The van der Waals surface area contributed by atoms with Gasteiger partial charge in [0, 0.05) is 35.2 Å². The number of nitrogens with one attached hydrogen (secondary N) is 7. The molecule has 7 heterocycles. The predicted molar refractivity (Wildman–Crippen MR) is 344 cm³/mol. The zero-order valence-corrected chi connectivity index (χ0v) is 55.2. The van der Waals surface area contributed by atoms with Crippen LogP contribution in [0, 0.1) is 5.92 Å². The summed E-state index contributed by atoms with van der Waals surface area (Å²) in [6.07, 6.45) is -19.0. The van der Waals surface area contributed by atoms with Gasteiger partial charge in [0.15, 0.2) is 23.8 Å². The number of carbonyl (C=O) groups is 8. The maximum Gasteiger partial charge on any atom is 0.330 e. The van der Waals surface area contributed by atoms with Gasteiger partial charge in [-0.1, -0.05) is 55.2 Å². The summed E-state index contributed by atoms with van der Waals surface area (Å²) < 4.78 is 37.3. The number of carbonyl (C=O) groups excluding carboxylic acids is 6. The van der Waals surface area contributed by atoms with E-state index in [0.717, 1.165) is 78.9 Å². The number of fused-ring (bicyclic) bond motifs is 16. The van der Waals surface area contributed by atoms with Crippen LogP contribution in [0.3, 0.4) is 0 Å². The van der Waals surface area contributed by atoms with E-state index >= 15 is 9.59 Å². The Labute approximate surface area is 582 Å². The number of aliphatic hydroxyl groups is 7. The average Bonchev–Trinajstić information content (AvgIpc) is 0.865. The number of carboxylic acids is 2. The minimum absolute atomic E-state index is 0.112. The first-order valence-electron chi connectivity index (χ1n) is 31.3. The van der Waals surface area contributed by atoms with Gasteiger partial charge in [0.2, 0.25) is 41.2 Å². The van der Waals surface area contributed by atoms with Gasteiger partial charge in [-0.05, 0) is 103 Å². The summed E-state index contributed by atoms with van der Waals surface area (Å²) >= 11 is 14.0. The van der Waals surface area contributed by atoms with E-state index in [2.05, 4.69) is 37.2 Å². The lowest BCUT2D eigenvalue weighted by Crippen LogP contribution is -2.70. The van der Waals surface area contributed by atoms with Gasteiger partial charge in [0.25, 0.3) is 12.1 Å². The van der Waals surface area contributed by atoms with Crippen molar-refractivity contribution >= 4 is 70.6 Å². The SMILES string of the molecule is CN[C@H](CC(C)C)C(=O)N[C@H]1C(=O)N[C@H](C(=O)O)CC(=O)N[C@H]2C(=O)N[C@H]3C(=O)N[C@H](C(=O)N[C@@H](C(=O)O)c4cc(O)cc(O)c4-c4cc3ccc4O)[C@H](O)c3ccc(c(Cl)c3)Oc3cc2cc(c3O[C@@H]2O[C@@H](CO)[C@@H](O)[C@H](O)[C@]2(O)O[C@@H]2C[C@H](N)[C@H](O)[C@@H](C)O2)Oc2ccc(cc2Cl)[C@H]1O. The molecule has 0 aliphatic carbocycles. The number of likely N-dealkylation sites (N-methyl/N-ethyl adjacent to an activating group) is 1. The van der Waals surface area contributed by atoms with Crippen LogP contribution in [0.15, 0.2) is 78.9 Å². The van der Waals surface area contributed by atoms with Gasteiger partial charge in [-0.15, -0.1) is 0 Å². The molecule has 6 amide bonds. The molecule has 21 N–H and O–H groups in total. The molecule has 34 nitrogen and oxygen atoms in total. The van der Waals surface area contributed by atoms with Crippen molar-refractivity contribution in [2.24, 2.45) is 11.7 Å². The van der Waals surface area contributed by atoms with E-state index in [4.69, 9.17) is 57.4 Å². The van der Waals surface area contributed by atoms with Crippen LogP contribution in [-0.4, -0.2) is 201 Å². The number of carboxylic acid groups (broad SMARTS) is 2. The van der Waals surface area contributed by atoms with Gasteiger partial charge in [0.05, 0.1) is 41.3 Å². The molecule has 36 heteroatoms. The van der Waals surface area contributed by atoms with Gasteiger partial charge in [0.1, 0.15) is 89.5 Å². The number of aromatic hydroxyl groups is 3. The molecule has 18 atom stereocenters. The van der Waals surface area contributed by atoms with E-state index in [1.165, 1.54) is 14.0 Å². The molecule has 5 aromatic carbocycles. The number of phenolic OH excluding ortho intramolecular Hbond substituents is 3. The average molecular weight is 1450 g/mol. The Bertz CT molecular complexity index is 4070. The molecule has 7 aliphatic rings. The first kappa shape index (κ1) is 74.5. The van der Waals surface area contributed by atoms with E-state index < -0.39 is 255 Å². The lowest BCUT2D eigenvalue weighted by Gasteiger charge is -2.49. The minimum Gasteiger partial charge on any atom is -0.508 e. The maximum absolute atomic E-state index is 15.9. The number of aliphatic hydroxyl groups excluding tert-OH is 6. The van der Waals surface area contributed by atoms with E-state index in [1.54, 1.807) is 13.8 Å². The van der Waals surface area contributed by atoms with Gasteiger partial charge >= 0.3 is 11.9 Å². The summed E-state index contributed by atoms with van der Waals surface area (Å²) in [5.41, 5.74) is 3.11. The maximum atomic E-state index is 15.9. The van der Waals surface area contributed by atoms with Gasteiger partial charge in [-0.2, -0.15) is 0 Å². The van der Waals surface area contributed by atoms with Crippen molar-refractivity contribution < 1.29 is 128 Å². The number of benzene rings is 5. The molecular weight excluding hydrogens is 1380 g/mol. The number of nitrogens with two attached hydrogens (primary N) is 1. The third kappa shape index (κ3) is 15.5.